The molecule has 3 nitrogen and oxygen atoms in total. The minimum atomic E-state index is -2.20. The van der Waals surface area contributed by atoms with Gasteiger partial charge in [0.05, 0.1) is 0 Å². The Kier molecular flexibility index (Phi) is 5.98. The van der Waals surface area contributed by atoms with Gasteiger partial charge in [-0.2, -0.15) is 0 Å². The molecule has 56 valence electrons. The molecule has 0 rings (SSSR count). The van der Waals surface area contributed by atoms with Crippen LogP contribution in [0.25, 0.3) is 0 Å². The Morgan fingerprint density at radius 1 is 1.11 bits per heavy atom. The van der Waals surface area contributed by atoms with E-state index < -0.39 is 10.7 Å². The molecule has 0 radical (unpaired) electrons. The van der Waals surface area contributed by atoms with Gasteiger partial charge >= 0.3 is 0 Å². The van der Waals surface area contributed by atoms with Crippen molar-refractivity contribution in [2.24, 2.45) is 0 Å². The van der Waals surface area contributed by atoms with Gasteiger partial charge in [0.25, 0.3) is 0 Å². The van der Waals surface area contributed by atoms with Crippen LogP contribution in [0.15, 0.2) is 0 Å². The van der Waals surface area contributed by atoms with Gasteiger partial charge in [-0.3, -0.25) is 0 Å². The van der Waals surface area contributed by atoms with Crippen LogP contribution in [0.1, 0.15) is 19.3 Å². The fraction of sp³-hybridized carbons (Fsp3) is 1.00. The van der Waals surface area contributed by atoms with E-state index in [1.807, 2.05) is 0 Å². The number of hydrogen-bond donors (Lipinski definition) is 2. The molecule has 0 fully saturated rings. The molecule has 0 aliphatic rings. The molecule has 0 spiro atoms. The average Bonchev–Trinajstić information content (AvgIpc) is 1.80. The molecule has 1 N–H and O–H groups in total. The second-order valence-corrected chi connectivity index (χ2v) is 2.95. The zero-order valence-electron chi connectivity index (χ0n) is 5.25. The lowest BCUT2D eigenvalue weighted by atomic mass is 10.3. The molecule has 0 unspecified atom stereocenters. The smallest absolute Gasteiger partial charge is 0.140 e. The zero-order valence-corrected chi connectivity index (χ0v) is 6.14. The molecule has 0 saturated heterocycles. The molecule has 0 bridgehead atoms. The SMILES string of the molecule is O=[SH](=O)CCCCCO. The molecular weight excluding hydrogens is 140 g/mol. The number of hydrogen-bond acceptors (Lipinski definition) is 3. The van der Waals surface area contributed by atoms with Gasteiger partial charge in [0.1, 0.15) is 10.7 Å². The lowest BCUT2D eigenvalue weighted by Gasteiger charge is -1.90. The maximum Gasteiger partial charge on any atom is 0.140 e. The van der Waals surface area contributed by atoms with E-state index in [4.69, 9.17) is 5.11 Å². The van der Waals surface area contributed by atoms with E-state index in [1.54, 1.807) is 0 Å². The average molecular weight is 152 g/mol. The van der Waals surface area contributed by atoms with Gasteiger partial charge in [-0.05, 0) is 12.8 Å². The van der Waals surface area contributed by atoms with Crippen LogP contribution in [-0.4, -0.2) is 25.9 Å². The fourth-order valence-corrected chi connectivity index (χ4v) is 1.01. The third kappa shape index (κ3) is 7.91. The highest BCUT2D eigenvalue weighted by molar-refractivity contribution is 7.72. The van der Waals surface area contributed by atoms with Gasteiger partial charge in [-0.25, -0.2) is 8.42 Å². The van der Waals surface area contributed by atoms with Gasteiger partial charge < -0.3 is 5.11 Å². The van der Waals surface area contributed by atoms with E-state index in [9.17, 15) is 8.42 Å². The van der Waals surface area contributed by atoms with Crippen molar-refractivity contribution < 1.29 is 13.5 Å². The second kappa shape index (κ2) is 6.04. The largest absolute Gasteiger partial charge is 0.396 e. The van der Waals surface area contributed by atoms with Crippen LogP contribution in [0.2, 0.25) is 0 Å². The van der Waals surface area contributed by atoms with Crippen molar-refractivity contribution in [3.63, 3.8) is 0 Å². The quantitative estimate of drug-likeness (QED) is 0.422. The van der Waals surface area contributed by atoms with Crippen molar-refractivity contribution in [1.82, 2.24) is 0 Å². The normalized spacial score (nSPS) is 10.4. The summed E-state index contributed by atoms with van der Waals surface area (Å²) in [5.41, 5.74) is 0. The van der Waals surface area contributed by atoms with Crippen molar-refractivity contribution in [2.45, 2.75) is 19.3 Å². The molecule has 0 aromatic heterocycles. The van der Waals surface area contributed by atoms with Crippen LogP contribution < -0.4 is 0 Å². The Labute approximate surface area is 56.7 Å². The highest BCUT2D eigenvalue weighted by atomic mass is 32.2. The van der Waals surface area contributed by atoms with Crippen LogP contribution in [0, 0.1) is 0 Å². The van der Waals surface area contributed by atoms with E-state index in [-0.39, 0.29) is 12.4 Å². The van der Waals surface area contributed by atoms with Crippen molar-refractivity contribution in [1.29, 1.82) is 0 Å². The van der Waals surface area contributed by atoms with E-state index in [1.165, 1.54) is 0 Å². The van der Waals surface area contributed by atoms with Gasteiger partial charge in [-0.1, -0.05) is 6.42 Å². The summed E-state index contributed by atoms with van der Waals surface area (Å²) in [5.74, 6) is 0.259. The summed E-state index contributed by atoms with van der Waals surface area (Å²) in [6, 6.07) is 0. The fourth-order valence-electron chi connectivity index (χ4n) is 0.529. The first-order valence-corrected chi connectivity index (χ1v) is 4.36. The summed E-state index contributed by atoms with van der Waals surface area (Å²) in [7, 11) is -2.20. The van der Waals surface area contributed by atoms with Crippen LogP contribution >= 0.6 is 0 Å². The molecule has 0 heterocycles. The first-order valence-electron chi connectivity index (χ1n) is 3.00. The Hall–Kier alpha value is -0.0900. The summed E-state index contributed by atoms with van der Waals surface area (Å²) < 4.78 is 19.9. The van der Waals surface area contributed by atoms with Crippen molar-refractivity contribution in [2.75, 3.05) is 12.4 Å². The topological polar surface area (TPSA) is 54.4 Å². The number of aliphatic hydroxyl groups excluding tert-OH is 1. The Balaban J connectivity index is 2.92. The summed E-state index contributed by atoms with van der Waals surface area (Å²) in [6.07, 6.45) is 2.20. The van der Waals surface area contributed by atoms with E-state index >= 15 is 0 Å². The molecule has 0 saturated carbocycles. The Bertz CT molecular complexity index is 111. The second-order valence-electron chi connectivity index (χ2n) is 1.84. The summed E-state index contributed by atoms with van der Waals surface area (Å²) in [4.78, 5) is 0. The maximum absolute atomic E-state index is 9.94. The van der Waals surface area contributed by atoms with Crippen molar-refractivity contribution in [3.8, 4) is 0 Å². The van der Waals surface area contributed by atoms with E-state index in [2.05, 4.69) is 0 Å². The Morgan fingerprint density at radius 3 is 2.22 bits per heavy atom. The number of rotatable bonds is 5. The molecule has 4 heteroatoms. The minimum Gasteiger partial charge on any atom is -0.396 e. The molecule has 0 amide bonds. The highest BCUT2D eigenvalue weighted by Crippen LogP contribution is 1.92. The lowest BCUT2D eigenvalue weighted by molar-refractivity contribution is 0.284. The van der Waals surface area contributed by atoms with Crippen molar-refractivity contribution >= 4 is 10.7 Å². The maximum atomic E-state index is 9.94. The zero-order chi connectivity index (χ0) is 7.11. The number of unbranched alkanes of at least 4 members (excludes halogenated alkanes) is 2. The van der Waals surface area contributed by atoms with Gasteiger partial charge in [-0.15, -0.1) is 0 Å². The van der Waals surface area contributed by atoms with Crippen molar-refractivity contribution in [3.05, 3.63) is 0 Å². The third-order valence-electron chi connectivity index (χ3n) is 0.999. The predicted octanol–water partition coefficient (Wildman–Crippen LogP) is -0.240. The standard InChI is InChI=1S/C5H12O3S/c6-4-2-1-3-5-9(7)8/h6,9H,1-5H2. The van der Waals surface area contributed by atoms with Gasteiger partial charge in [0, 0.05) is 12.4 Å². The van der Waals surface area contributed by atoms with E-state index in [0.717, 1.165) is 6.42 Å². The van der Waals surface area contributed by atoms with E-state index in [0.29, 0.717) is 12.8 Å². The number of aliphatic hydroxyl groups is 1. The third-order valence-corrected chi connectivity index (χ3v) is 1.68. The van der Waals surface area contributed by atoms with Crippen LogP contribution in [0.5, 0.6) is 0 Å². The van der Waals surface area contributed by atoms with Gasteiger partial charge in [0.2, 0.25) is 0 Å². The van der Waals surface area contributed by atoms with Crippen LogP contribution in [0.4, 0.5) is 0 Å². The summed E-state index contributed by atoms with van der Waals surface area (Å²) in [6.45, 7) is 0.162. The predicted molar refractivity (Wildman–Crippen MR) is 36.1 cm³/mol. The molecule has 0 aromatic carbocycles. The van der Waals surface area contributed by atoms with Crippen LogP contribution in [-0.2, 0) is 10.7 Å². The number of thiol groups is 1. The van der Waals surface area contributed by atoms with Gasteiger partial charge in [0.15, 0.2) is 0 Å². The highest BCUT2D eigenvalue weighted by Gasteiger charge is 1.87. The molecular formula is C5H12O3S. The minimum absolute atomic E-state index is 0.162. The summed E-state index contributed by atoms with van der Waals surface area (Å²) in [5, 5.41) is 8.28. The first-order chi connectivity index (χ1) is 4.27. The molecule has 9 heavy (non-hydrogen) atoms. The molecule has 0 aliphatic carbocycles. The molecule has 0 atom stereocenters. The molecule has 0 aromatic rings. The van der Waals surface area contributed by atoms with Crippen LogP contribution in [0.3, 0.4) is 0 Å². The monoisotopic (exact) mass is 152 g/mol. The summed E-state index contributed by atoms with van der Waals surface area (Å²) >= 11 is 0. The first kappa shape index (κ1) is 8.91. The lowest BCUT2D eigenvalue weighted by Crippen LogP contribution is -1.89. The Morgan fingerprint density at radius 2 is 1.78 bits per heavy atom. The molecule has 0 aliphatic heterocycles.